The Morgan fingerprint density at radius 2 is 1.63 bits per heavy atom. The highest BCUT2D eigenvalue weighted by atomic mass is 19.4. The lowest BCUT2D eigenvalue weighted by molar-refractivity contribution is -0.153. The van der Waals surface area contributed by atoms with E-state index in [0.29, 0.717) is 0 Å². The number of halogens is 3. The number of aromatic hydroxyl groups is 1. The molecule has 1 aromatic carbocycles. The van der Waals surface area contributed by atoms with E-state index in [1.807, 2.05) is 20.8 Å². The van der Waals surface area contributed by atoms with Crippen LogP contribution in [-0.2, 0) is 40.1 Å². The number of carbonyl (C=O) groups is 3. The molecule has 0 spiro atoms. The van der Waals surface area contributed by atoms with Crippen LogP contribution >= 0.6 is 0 Å². The minimum atomic E-state index is -4.86. The number of hydrogen-bond acceptors (Lipinski definition) is 9. The summed E-state index contributed by atoms with van der Waals surface area (Å²) < 4.78 is 44.1. The van der Waals surface area contributed by atoms with Crippen LogP contribution in [0.2, 0.25) is 0 Å². The quantitative estimate of drug-likeness (QED) is 0.330. The summed E-state index contributed by atoms with van der Waals surface area (Å²) in [6.07, 6.45) is -5.59. The number of primary amides is 1. The largest absolute Gasteiger partial charge is 0.508 e. The average molecular weight is 580 g/mol. The maximum absolute atomic E-state index is 14.7. The van der Waals surface area contributed by atoms with E-state index in [1.165, 1.54) is 19.0 Å². The summed E-state index contributed by atoms with van der Waals surface area (Å²) in [6, 6.07) is -1.33. The fourth-order valence-corrected chi connectivity index (χ4v) is 7.09. The third kappa shape index (κ3) is 3.85. The molecule has 4 aliphatic rings. The predicted octanol–water partition coefficient (Wildman–Crippen LogP) is 2.10. The zero-order valence-electron chi connectivity index (χ0n) is 23.2. The second-order valence-electron chi connectivity index (χ2n) is 12.5. The summed E-state index contributed by atoms with van der Waals surface area (Å²) in [5.74, 6) is -8.87. The first-order chi connectivity index (χ1) is 18.7. The second-order valence-corrected chi connectivity index (χ2v) is 12.5. The topological polar surface area (TPSA) is 165 Å². The van der Waals surface area contributed by atoms with Gasteiger partial charge in [-0.3, -0.25) is 24.2 Å². The molecule has 1 aliphatic heterocycles. The number of nitrogens with zero attached hydrogens (tertiary/aromatic N) is 2. The van der Waals surface area contributed by atoms with E-state index in [0.717, 1.165) is 0 Å². The smallest absolute Gasteiger partial charge is 0.417 e. The van der Waals surface area contributed by atoms with Crippen LogP contribution in [0.5, 0.6) is 5.75 Å². The molecule has 1 heterocycles. The van der Waals surface area contributed by atoms with Crippen LogP contribution in [0, 0.1) is 11.8 Å². The number of aliphatic hydroxyl groups is 3. The van der Waals surface area contributed by atoms with Gasteiger partial charge in [0.25, 0.3) is 5.91 Å². The molecule has 1 saturated carbocycles. The number of fused-ring (bicyclic) bond motifs is 4. The minimum absolute atomic E-state index is 0.0221. The van der Waals surface area contributed by atoms with Crippen molar-refractivity contribution in [1.82, 2.24) is 9.80 Å². The van der Waals surface area contributed by atoms with E-state index in [4.69, 9.17) is 5.73 Å². The first-order valence-electron chi connectivity index (χ1n) is 13.1. The summed E-state index contributed by atoms with van der Waals surface area (Å²) in [5, 5.41) is 45.2. The summed E-state index contributed by atoms with van der Waals surface area (Å²) >= 11 is 0. The van der Waals surface area contributed by atoms with E-state index in [2.05, 4.69) is 0 Å². The van der Waals surface area contributed by atoms with Crippen molar-refractivity contribution in [2.45, 2.75) is 70.1 Å². The van der Waals surface area contributed by atoms with Gasteiger partial charge in [0.2, 0.25) is 5.78 Å². The summed E-state index contributed by atoms with van der Waals surface area (Å²) in [4.78, 5) is 42.3. The lowest BCUT2D eigenvalue weighted by atomic mass is 9.57. The number of phenols is 1. The van der Waals surface area contributed by atoms with Crippen molar-refractivity contribution >= 4 is 23.2 Å². The van der Waals surface area contributed by atoms with Crippen molar-refractivity contribution in [2.24, 2.45) is 17.6 Å². The Kier molecular flexibility index (Phi) is 6.24. The van der Waals surface area contributed by atoms with Gasteiger partial charge in [0.05, 0.1) is 17.2 Å². The number of alkyl halides is 3. The number of phenolic OH excluding ortho intramolecular Hbond substituents is 1. The highest BCUT2D eigenvalue weighted by Crippen LogP contribution is 2.56. The van der Waals surface area contributed by atoms with Crippen LogP contribution in [0.3, 0.4) is 0 Å². The molecule has 4 atom stereocenters. The number of aliphatic hydroxyl groups excluding tert-OH is 2. The van der Waals surface area contributed by atoms with Crippen molar-refractivity contribution in [3.8, 4) is 5.75 Å². The van der Waals surface area contributed by atoms with E-state index in [9.17, 15) is 48.0 Å². The van der Waals surface area contributed by atoms with Gasteiger partial charge < -0.3 is 26.2 Å². The molecule has 5 rings (SSSR count). The molecular formula is C28H32F3N3O7. The minimum Gasteiger partial charge on any atom is -0.508 e. The molecule has 13 heteroatoms. The van der Waals surface area contributed by atoms with Crippen LogP contribution < -0.4 is 5.73 Å². The average Bonchev–Trinajstić information content (AvgIpc) is 3.26. The molecule has 222 valence electrons. The van der Waals surface area contributed by atoms with Gasteiger partial charge in [0, 0.05) is 35.7 Å². The zero-order valence-corrected chi connectivity index (χ0v) is 23.2. The monoisotopic (exact) mass is 579 g/mol. The van der Waals surface area contributed by atoms with E-state index in [1.54, 1.807) is 4.90 Å². The van der Waals surface area contributed by atoms with Crippen molar-refractivity contribution in [2.75, 3.05) is 14.1 Å². The SMILES string of the molecule is CN(C)[C@@H]1C(=O)C(C(N)=O)=C(O)[C@@]2(O)C(=O)C3=C(O)c4c(O)c5c(c(C(F)(F)F)c4C[C@H]3C[C@@H]12)CN(C(C)(C)C)C5. The highest BCUT2D eigenvalue weighted by molar-refractivity contribution is 6.24. The number of benzene rings is 1. The van der Waals surface area contributed by atoms with Crippen LogP contribution in [0.1, 0.15) is 55.0 Å². The third-order valence-electron chi connectivity index (χ3n) is 9.04. The molecule has 0 radical (unpaired) electrons. The molecule has 10 nitrogen and oxygen atoms in total. The number of amides is 1. The molecule has 0 bridgehead atoms. The molecule has 0 unspecified atom stereocenters. The number of rotatable bonds is 2. The Labute approximate surface area is 233 Å². The number of likely N-dealkylation sites (N-methyl/N-ethyl adjacent to an activating group) is 1. The molecule has 0 aromatic heterocycles. The van der Waals surface area contributed by atoms with Gasteiger partial charge in [0.15, 0.2) is 11.4 Å². The molecule has 1 amide bonds. The van der Waals surface area contributed by atoms with Crippen molar-refractivity contribution < 1.29 is 48.0 Å². The van der Waals surface area contributed by atoms with Crippen LogP contribution in [-0.4, -0.2) is 79.0 Å². The number of Topliss-reactive ketones (excluding diaryl/α,β-unsaturated/α-hetero) is 2. The lowest BCUT2D eigenvalue weighted by Crippen LogP contribution is -2.65. The molecule has 1 fully saturated rings. The van der Waals surface area contributed by atoms with Crippen LogP contribution in [0.25, 0.3) is 5.76 Å². The summed E-state index contributed by atoms with van der Waals surface area (Å²) in [6.45, 7) is 5.33. The molecular weight excluding hydrogens is 547 g/mol. The van der Waals surface area contributed by atoms with E-state index in [-0.39, 0.29) is 36.2 Å². The first-order valence-corrected chi connectivity index (χ1v) is 13.1. The predicted molar refractivity (Wildman–Crippen MR) is 138 cm³/mol. The summed E-state index contributed by atoms with van der Waals surface area (Å²) in [5.41, 5.74) is -1.62. The van der Waals surface area contributed by atoms with Gasteiger partial charge >= 0.3 is 6.18 Å². The Balaban J connectivity index is 1.78. The highest BCUT2D eigenvalue weighted by Gasteiger charge is 2.64. The standard InChI is InChI=1S/C28H32F3N3O7/c1-26(2,3)34-8-12-13(9-34)20(35)16-11(18(12)28(29,30)31)6-10-7-14-19(33(4)5)22(37)17(25(32)40)24(39)27(14,41)23(38)15(10)21(16)36/h10,14,19,35-36,39,41H,6-9H2,1-5H3,(H2,32,40)/t10-,14-,19-,27-/m0/s1. The zero-order chi connectivity index (χ0) is 30.7. The first kappa shape index (κ1) is 29.1. The Bertz CT molecular complexity index is 1490. The van der Waals surface area contributed by atoms with Gasteiger partial charge in [-0.2, -0.15) is 13.2 Å². The maximum atomic E-state index is 14.7. The van der Waals surface area contributed by atoms with Crippen molar-refractivity contribution in [3.05, 3.63) is 44.7 Å². The van der Waals surface area contributed by atoms with Gasteiger partial charge in [-0.15, -0.1) is 0 Å². The summed E-state index contributed by atoms with van der Waals surface area (Å²) in [7, 11) is 2.88. The van der Waals surface area contributed by atoms with Gasteiger partial charge in [0.1, 0.15) is 22.8 Å². The molecule has 0 saturated heterocycles. The van der Waals surface area contributed by atoms with Crippen LogP contribution in [0.15, 0.2) is 16.9 Å². The van der Waals surface area contributed by atoms with Gasteiger partial charge in [-0.1, -0.05) is 0 Å². The maximum Gasteiger partial charge on any atom is 0.417 e. The fourth-order valence-electron chi connectivity index (χ4n) is 7.09. The van der Waals surface area contributed by atoms with E-state index < -0.39 is 98.6 Å². The number of carbonyl (C=O) groups excluding carboxylic acids is 3. The molecule has 3 aliphatic carbocycles. The van der Waals surface area contributed by atoms with Crippen molar-refractivity contribution in [1.29, 1.82) is 0 Å². The van der Waals surface area contributed by atoms with E-state index >= 15 is 0 Å². The molecule has 1 aromatic rings. The Morgan fingerprint density at radius 1 is 1.05 bits per heavy atom. The normalized spacial score (nSPS) is 28.6. The number of ketones is 2. The molecule has 41 heavy (non-hydrogen) atoms. The Morgan fingerprint density at radius 3 is 2.15 bits per heavy atom. The Hall–Kier alpha value is -3.42. The lowest BCUT2D eigenvalue weighted by Gasteiger charge is -2.50. The fraction of sp³-hybridized carbons (Fsp3) is 0.536. The van der Waals surface area contributed by atoms with Crippen molar-refractivity contribution in [3.63, 3.8) is 0 Å². The van der Waals surface area contributed by atoms with Crippen LogP contribution in [0.4, 0.5) is 13.2 Å². The number of hydrogen-bond donors (Lipinski definition) is 5. The third-order valence-corrected chi connectivity index (χ3v) is 9.04. The molecule has 6 N–H and O–H groups in total. The van der Waals surface area contributed by atoms with Gasteiger partial charge in [-0.25, -0.2) is 0 Å². The van der Waals surface area contributed by atoms with Gasteiger partial charge in [-0.05, 0) is 64.8 Å². The number of nitrogens with two attached hydrogens (primary N) is 1. The second kappa shape index (κ2) is 8.79.